The van der Waals surface area contributed by atoms with Crippen LogP contribution in [-0.4, -0.2) is 12.6 Å². The van der Waals surface area contributed by atoms with Crippen molar-refractivity contribution in [1.82, 2.24) is 0 Å². The van der Waals surface area contributed by atoms with Crippen molar-refractivity contribution in [3.63, 3.8) is 0 Å². The van der Waals surface area contributed by atoms with Gasteiger partial charge in [-0.05, 0) is 12.8 Å². The molecule has 0 aromatic rings. The maximum absolute atomic E-state index is 12.0. The third kappa shape index (κ3) is 47.5. The first-order valence-electron chi connectivity index (χ1n) is 25.0. The van der Waals surface area contributed by atoms with E-state index in [4.69, 9.17) is 4.74 Å². The second kappa shape index (κ2) is 48.5. The Hall–Kier alpha value is -0.530. The molecule has 2 heteroatoms. The number of unbranched alkanes of at least 4 members (excludes halogenated alkanes) is 43. The lowest BCUT2D eigenvalue weighted by Gasteiger charge is -2.06. The molecule has 0 saturated carbocycles. The lowest BCUT2D eigenvalue weighted by atomic mass is 10.0. The molecule has 0 atom stereocenters. The summed E-state index contributed by atoms with van der Waals surface area (Å²) < 4.78 is 5.50. The van der Waals surface area contributed by atoms with Gasteiger partial charge in [0.15, 0.2) is 0 Å². The Morgan fingerprint density at radius 1 is 0.250 bits per heavy atom. The molecule has 0 unspecified atom stereocenters. The third-order valence-electron chi connectivity index (χ3n) is 11.7. The average Bonchev–Trinajstić information content (AvgIpc) is 3.15. The molecule has 0 rings (SSSR count). The van der Waals surface area contributed by atoms with Gasteiger partial charge in [-0.2, -0.15) is 0 Å². The fraction of sp³-hybridized carbons (Fsp3) is 0.980. The highest BCUT2D eigenvalue weighted by molar-refractivity contribution is 5.69. The molecule has 0 aliphatic heterocycles. The van der Waals surface area contributed by atoms with Gasteiger partial charge in [0.1, 0.15) is 0 Å². The Balaban J connectivity index is 3.14. The van der Waals surface area contributed by atoms with Crippen molar-refractivity contribution in [2.75, 3.05) is 6.61 Å². The predicted octanol–water partition coefficient (Wildman–Crippen LogP) is 18.5. The number of hydrogen-bond acceptors (Lipinski definition) is 2. The van der Waals surface area contributed by atoms with Gasteiger partial charge in [0.25, 0.3) is 0 Å². The van der Waals surface area contributed by atoms with Crippen LogP contribution in [0.15, 0.2) is 0 Å². The summed E-state index contributed by atoms with van der Waals surface area (Å²) in [6.07, 6.45) is 63.8. The maximum Gasteiger partial charge on any atom is 0.305 e. The van der Waals surface area contributed by atoms with Gasteiger partial charge in [0.2, 0.25) is 0 Å². The summed E-state index contributed by atoms with van der Waals surface area (Å²) in [5.74, 6) is 0.0340. The highest BCUT2D eigenvalue weighted by Gasteiger charge is 2.03. The van der Waals surface area contributed by atoms with Crippen molar-refractivity contribution in [1.29, 1.82) is 0 Å². The summed E-state index contributed by atoms with van der Waals surface area (Å²) in [4.78, 5) is 12.0. The molecule has 0 amide bonds. The van der Waals surface area contributed by atoms with Gasteiger partial charge in [-0.1, -0.05) is 290 Å². The van der Waals surface area contributed by atoms with E-state index >= 15 is 0 Å². The maximum atomic E-state index is 12.0. The Labute approximate surface area is 330 Å². The van der Waals surface area contributed by atoms with E-state index < -0.39 is 0 Å². The van der Waals surface area contributed by atoms with E-state index in [2.05, 4.69) is 13.8 Å². The molecule has 0 aliphatic rings. The number of carbonyl (C=O) groups excluding carboxylic acids is 1. The molecular formula is C50H100O2. The second-order valence-electron chi connectivity index (χ2n) is 17.2. The molecule has 0 bridgehead atoms. The second-order valence-corrected chi connectivity index (χ2v) is 17.2. The number of esters is 1. The van der Waals surface area contributed by atoms with Crippen LogP contribution in [0.2, 0.25) is 0 Å². The lowest BCUT2D eigenvalue weighted by molar-refractivity contribution is -0.143. The summed E-state index contributed by atoms with van der Waals surface area (Å²) in [5, 5.41) is 0. The standard InChI is InChI=1S/C50H100O2/c1-3-5-7-9-11-13-15-17-19-21-23-25-26-27-28-29-31-33-35-37-39-41-43-45-47-49-52-50(51)48-46-44-42-40-38-36-34-32-30-24-22-20-18-16-14-12-10-8-6-4-2/h3-49H2,1-2H3. The largest absolute Gasteiger partial charge is 0.466 e. The number of rotatable bonds is 47. The molecule has 312 valence electrons. The van der Waals surface area contributed by atoms with Crippen molar-refractivity contribution in [2.45, 2.75) is 309 Å². The monoisotopic (exact) mass is 733 g/mol. The van der Waals surface area contributed by atoms with Crippen LogP contribution < -0.4 is 0 Å². The minimum absolute atomic E-state index is 0.0340. The molecule has 0 spiro atoms. The van der Waals surface area contributed by atoms with Gasteiger partial charge in [-0.15, -0.1) is 0 Å². The fourth-order valence-electron chi connectivity index (χ4n) is 8.02. The lowest BCUT2D eigenvalue weighted by Crippen LogP contribution is -2.05. The van der Waals surface area contributed by atoms with Crippen LogP contribution in [0.1, 0.15) is 309 Å². The van der Waals surface area contributed by atoms with Crippen LogP contribution in [0.4, 0.5) is 0 Å². The normalized spacial score (nSPS) is 11.5. The molecular weight excluding hydrogens is 633 g/mol. The van der Waals surface area contributed by atoms with Crippen LogP contribution in [0, 0.1) is 0 Å². The quantitative estimate of drug-likeness (QED) is 0.0460. The smallest absolute Gasteiger partial charge is 0.305 e. The van der Waals surface area contributed by atoms with Gasteiger partial charge >= 0.3 is 5.97 Å². The summed E-state index contributed by atoms with van der Waals surface area (Å²) in [7, 11) is 0. The zero-order chi connectivity index (χ0) is 37.5. The van der Waals surface area contributed by atoms with E-state index in [0.29, 0.717) is 13.0 Å². The van der Waals surface area contributed by atoms with Crippen LogP contribution in [-0.2, 0) is 9.53 Å². The van der Waals surface area contributed by atoms with Crippen molar-refractivity contribution in [3.05, 3.63) is 0 Å². The Kier molecular flexibility index (Phi) is 48.0. The molecule has 0 saturated heterocycles. The van der Waals surface area contributed by atoms with Crippen molar-refractivity contribution in [3.8, 4) is 0 Å². The highest BCUT2D eigenvalue weighted by atomic mass is 16.5. The summed E-state index contributed by atoms with van der Waals surface area (Å²) in [5.41, 5.74) is 0. The Bertz CT molecular complexity index is 630. The fourth-order valence-corrected chi connectivity index (χ4v) is 8.02. The number of carbonyl (C=O) groups is 1. The molecule has 0 heterocycles. The van der Waals surface area contributed by atoms with Gasteiger partial charge in [0.05, 0.1) is 6.61 Å². The van der Waals surface area contributed by atoms with Crippen LogP contribution >= 0.6 is 0 Å². The summed E-state index contributed by atoms with van der Waals surface area (Å²) in [6, 6.07) is 0. The summed E-state index contributed by atoms with van der Waals surface area (Å²) >= 11 is 0. The first-order valence-corrected chi connectivity index (χ1v) is 25.0. The van der Waals surface area contributed by atoms with Gasteiger partial charge in [0, 0.05) is 6.42 Å². The molecule has 0 aromatic carbocycles. The molecule has 0 N–H and O–H groups in total. The zero-order valence-electron chi connectivity index (χ0n) is 36.6. The average molecular weight is 733 g/mol. The van der Waals surface area contributed by atoms with E-state index in [0.717, 1.165) is 12.8 Å². The predicted molar refractivity (Wildman–Crippen MR) is 235 cm³/mol. The highest BCUT2D eigenvalue weighted by Crippen LogP contribution is 2.17. The number of ether oxygens (including phenoxy) is 1. The van der Waals surface area contributed by atoms with Gasteiger partial charge in [-0.3, -0.25) is 4.79 Å². The molecule has 0 radical (unpaired) electrons. The van der Waals surface area contributed by atoms with Crippen LogP contribution in [0.5, 0.6) is 0 Å². The van der Waals surface area contributed by atoms with E-state index in [1.165, 1.54) is 276 Å². The third-order valence-corrected chi connectivity index (χ3v) is 11.7. The van der Waals surface area contributed by atoms with E-state index in [9.17, 15) is 4.79 Å². The molecule has 52 heavy (non-hydrogen) atoms. The zero-order valence-corrected chi connectivity index (χ0v) is 36.6. The number of hydrogen-bond donors (Lipinski definition) is 0. The van der Waals surface area contributed by atoms with Crippen molar-refractivity contribution in [2.24, 2.45) is 0 Å². The first-order chi connectivity index (χ1) is 25.8. The SMILES string of the molecule is CCCCCCCCCCCCCCCCCCCCCCCCCCCOC(=O)CCCCCCCCCCCCCCCCCCCCCC. The van der Waals surface area contributed by atoms with E-state index in [1.807, 2.05) is 0 Å². The molecule has 0 aliphatic carbocycles. The van der Waals surface area contributed by atoms with Crippen LogP contribution in [0.25, 0.3) is 0 Å². The van der Waals surface area contributed by atoms with Gasteiger partial charge < -0.3 is 4.74 Å². The van der Waals surface area contributed by atoms with E-state index in [-0.39, 0.29) is 5.97 Å². The van der Waals surface area contributed by atoms with Crippen molar-refractivity contribution < 1.29 is 9.53 Å². The first kappa shape index (κ1) is 51.5. The van der Waals surface area contributed by atoms with Crippen LogP contribution in [0.3, 0.4) is 0 Å². The van der Waals surface area contributed by atoms with Gasteiger partial charge in [-0.25, -0.2) is 0 Å². The Morgan fingerprint density at radius 2 is 0.423 bits per heavy atom. The topological polar surface area (TPSA) is 26.3 Å². The minimum atomic E-state index is 0.0340. The Morgan fingerprint density at radius 3 is 0.635 bits per heavy atom. The minimum Gasteiger partial charge on any atom is -0.466 e. The molecule has 2 nitrogen and oxygen atoms in total. The van der Waals surface area contributed by atoms with E-state index in [1.54, 1.807) is 0 Å². The van der Waals surface area contributed by atoms with Crippen molar-refractivity contribution >= 4 is 5.97 Å². The summed E-state index contributed by atoms with van der Waals surface area (Å²) in [6.45, 7) is 5.24. The molecule has 0 fully saturated rings. The molecule has 0 aromatic heterocycles.